The molecule has 6 heteroatoms. The summed E-state index contributed by atoms with van der Waals surface area (Å²) in [7, 11) is -3.47. The predicted octanol–water partition coefficient (Wildman–Crippen LogP) is 3.33. The molecule has 0 saturated heterocycles. The molecule has 0 aromatic heterocycles. The zero-order valence-corrected chi connectivity index (χ0v) is 11.6. The molecule has 0 unspecified atom stereocenters. The number of phosphoric acid groups is 1. The minimum atomic E-state index is -3.47. The van der Waals surface area contributed by atoms with Gasteiger partial charge in [0, 0.05) is 6.42 Å². The third kappa shape index (κ3) is 9.48. The molecule has 102 valence electrons. The number of unbranched alkanes of at least 4 members (excludes halogenated alkanes) is 2. The van der Waals surface area contributed by atoms with Crippen molar-refractivity contribution < 1.29 is 22.9 Å². The van der Waals surface area contributed by atoms with Gasteiger partial charge in [-0.05, 0) is 12.8 Å². The maximum Gasteiger partial charge on any atom is 0.474 e. The van der Waals surface area contributed by atoms with E-state index in [1.54, 1.807) is 0 Å². The van der Waals surface area contributed by atoms with Crippen molar-refractivity contribution in [1.29, 1.82) is 0 Å². The van der Waals surface area contributed by atoms with E-state index in [-0.39, 0.29) is 13.0 Å². The highest BCUT2D eigenvalue weighted by molar-refractivity contribution is 7.48. The fourth-order valence-corrected chi connectivity index (χ4v) is 2.22. The van der Waals surface area contributed by atoms with Gasteiger partial charge in [-0.25, -0.2) is 4.57 Å². The molecule has 0 bridgehead atoms. The van der Waals surface area contributed by atoms with E-state index in [4.69, 9.17) is 13.6 Å². The lowest BCUT2D eigenvalue weighted by atomic mass is 10.4. The van der Waals surface area contributed by atoms with E-state index in [1.807, 2.05) is 13.8 Å². The number of phosphoric ester groups is 1. The molecular formula is C11H23O5P. The number of aldehydes is 1. The van der Waals surface area contributed by atoms with E-state index < -0.39 is 7.82 Å². The van der Waals surface area contributed by atoms with Gasteiger partial charge < -0.3 is 4.79 Å². The molecular weight excluding hydrogens is 243 g/mol. The molecule has 0 fully saturated rings. The van der Waals surface area contributed by atoms with Crippen LogP contribution in [-0.2, 0) is 22.9 Å². The smallest absolute Gasteiger partial charge is 0.303 e. The van der Waals surface area contributed by atoms with Gasteiger partial charge in [0.1, 0.15) is 6.29 Å². The first-order chi connectivity index (χ1) is 8.18. The van der Waals surface area contributed by atoms with Crippen LogP contribution in [0.2, 0.25) is 0 Å². The van der Waals surface area contributed by atoms with E-state index >= 15 is 0 Å². The summed E-state index contributed by atoms with van der Waals surface area (Å²) in [6, 6.07) is 0. The van der Waals surface area contributed by atoms with E-state index in [9.17, 15) is 9.36 Å². The SMILES string of the molecule is CCCCOP(=O)(OCCC=O)OCCCC. The van der Waals surface area contributed by atoms with Crippen molar-refractivity contribution in [2.24, 2.45) is 0 Å². The number of hydrogen-bond acceptors (Lipinski definition) is 5. The van der Waals surface area contributed by atoms with Gasteiger partial charge in [-0.1, -0.05) is 26.7 Å². The lowest BCUT2D eigenvalue weighted by molar-refractivity contribution is -0.108. The third-order valence-electron chi connectivity index (χ3n) is 1.98. The minimum Gasteiger partial charge on any atom is -0.303 e. The van der Waals surface area contributed by atoms with E-state index in [1.165, 1.54) is 0 Å². The van der Waals surface area contributed by atoms with Crippen LogP contribution in [0.25, 0.3) is 0 Å². The summed E-state index contributed by atoms with van der Waals surface area (Å²) in [6.07, 6.45) is 4.41. The molecule has 0 spiro atoms. The molecule has 0 rings (SSSR count). The summed E-state index contributed by atoms with van der Waals surface area (Å²) in [5, 5.41) is 0. The maximum atomic E-state index is 12.1. The number of rotatable bonds is 12. The Kier molecular flexibility index (Phi) is 10.8. The van der Waals surface area contributed by atoms with E-state index in [0.717, 1.165) is 25.7 Å². The van der Waals surface area contributed by atoms with Crippen LogP contribution in [0, 0.1) is 0 Å². The number of carbonyl (C=O) groups is 1. The van der Waals surface area contributed by atoms with Crippen LogP contribution in [0.1, 0.15) is 46.0 Å². The number of carbonyl (C=O) groups excluding carboxylic acids is 1. The fourth-order valence-electron chi connectivity index (χ4n) is 0.966. The summed E-state index contributed by atoms with van der Waals surface area (Å²) >= 11 is 0. The standard InChI is InChI=1S/C11H23O5P/c1-3-5-9-14-17(13,15-10-6-4-2)16-11-7-8-12/h8H,3-7,9-11H2,1-2H3. The lowest BCUT2D eigenvalue weighted by Crippen LogP contribution is -2.04. The fraction of sp³-hybridized carbons (Fsp3) is 0.909. The van der Waals surface area contributed by atoms with Crippen LogP contribution in [0.4, 0.5) is 0 Å². The van der Waals surface area contributed by atoms with Crippen molar-refractivity contribution in [3.05, 3.63) is 0 Å². The second kappa shape index (κ2) is 10.9. The summed E-state index contributed by atoms with van der Waals surface area (Å²) in [5.41, 5.74) is 0. The summed E-state index contributed by atoms with van der Waals surface area (Å²) in [6.45, 7) is 4.79. The Morgan fingerprint density at radius 2 is 1.41 bits per heavy atom. The van der Waals surface area contributed by atoms with Crippen molar-refractivity contribution in [2.75, 3.05) is 19.8 Å². The molecule has 0 N–H and O–H groups in total. The Balaban J connectivity index is 4.04. The summed E-state index contributed by atoms with van der Waals surface area (Å²) in [5.74, 6) is 0. The highest BCUT2D eigenvalue weighted by Crippen LogP contribution is 2.49. The molecule has 0 heterocycles. The van der Waals surface area contributed by atoms with Gasteiger partial charge in [0.2, 0.25) is 0 Å². The van der Waals surface area contributed by atoms with Gasteiger partial charge in [0.05, 0.1) is 19.8 Å². The average Bonchev–Trinajstić information content (AvgIpc) is 2.30. The first kappa shape index (κ1) is 16.8. The monoisotopic (exact) mass is 266 g/mol. The highest BCUT2D eigenvalue weighted by Gasteiger charge is 2.25. The normalized spacial score (nSPS) is 11.6. The molecule has 0 aliphatic heterocycles. The molecule has 0 saturated carbocycles. The number of hydrogen-bond donors (Lipinski definition) is 0. The van der Waals surface area contributed by atoms with Gasteiger partial charge in [-0.3, -0.25) is 13.6 Å². The second-order valence-corrected chi connectivity index (χ2v) is 5.28. The first-order valence-electron chi connectivity index (χ1n) is 6.15. The molecule has 0 radical (unpaired) electrons. The zero-order valence-electron chi connectivity index (χ0n) is 10.7. The molecule has 0 aliphatic carbocycles. The quantitative estimate of drug-likeness (QED) is 0.308. The van der Waals surface area contributed by atoms with E-state index in [2.05, 4.69) is 0 Å². The lowest BCUT2D eigenvalue weighted by Gasteiger charge is -2.17. The molecule has 0 aromatic rings. The van der Waals surface area contributed by atoms with Crippen molar-refractivity contribution in [3.8, 4) is 0 Å². The molecule has 0 atom stereocenters. The molecule has 5 nitrogen and oxygen atoms in total. The van der Waals surface area contributed by atoms with Crippen molar-refractivity contribution in [1.82, 2.24) is 0 Å². The second-order valence-electron chi connectivity index (χ2n) is 3.61. The van der Waals surface area contributed by atoms with E-state index in [0.29, 0.717) is 19.5 Å². The van der Waals surface area contributed by atoms with Gasteiger partial charge >= 0.3 is 7.82 Å². The first-order valence-corrected chi connectivity index (χ1v) is 7.62. The molecule has 0 aromatic carbocycles. The topological polar surface area (TPSA) is 61.8 Å². The van der Waals surface area contributed by atoms with Crippen LogP contribution in [0.3, 0.4) is 0 Å². The highest BCUT2D eigenvalue weighted by atomic mass is 31.2. The Morgan fingerprint density at radius 1 is 0.941 bits per heavy atom. The van der Waals surface area contributed by atoms with Crippen LogP contribution in [-0.4, -0.2) is 26.1 Å². The molecule has 0 aliphatic rings. The summed E-state index contributed by atoms with van der Waals surface area (Å²) in [4.78, 5) is 10.2. The molecule has 17 heavy (non-hydrogen) atoms. The Labute approximate surface area is 103 Å². The Hall–Kier alpha value is -0.220. The van der Waals surface area contributed by atoms with Gasteiger partial charge in [-0.2, -0.15) is 0 Å². The summed E-state index contributed by atoms with van der Waals surface area (Å²) < 4.78 is 27.4. The van der Waals surface area contributed by atoms with Crippen LogP contribution in [0.5, 0.6) is 0 Å². The van der Waals surface area contributed by atoms with Crippen LogP contribution >= 0.6 is 7.82 Å². The van der Waals surface area contributed by atoms with Crippen molar-refractivity contribution >= 4 is 14.1 Å². The van der Waals surface area contributed by atoms with Crippen LogP contribution in [0.15, 0.2) is 0 Å². The van der Waals surface area contributed by atoms with Gasteiger partial charge in [-0.15, -0.1) is 0 Å². The zero-order chi connectivity index (χ0) is 13.0. The van der Waals surface area contributed by atoms with Gasteiger partial charge in [0.15, 0.2) is 0 Å². The van der Waals surface area contributed by atoms with Gasteiger partial charge in [0.25, 0.3) is 0 Å². The minimum absolute atomic E-state index is 0.0685. The molecule has 0 amide bonds. The average molecular weight is 266 g/mol. The van der Waals surface area contributed by atoms with Crippen LogP contribution < -0.4 is 0 Å². The Bertz CT molecular complexity index is 218. The van der Waals surface area contributed by atoms with Crippen molar-refractivity contribution in [2.45, 2.75) is 46.0 Å². The largest absolute Gasteiger partial charge is 0.474 e. The Morgan fingerprint density at radius 3 is 1.82 bits per heavy atom. The van der Waals surface area contributed by atoms with Crippen molar-refractivity contribution in [3.63, 3.8) is 0 Å². The third-order valence-corrected chi connectivity index (χ3v) is 3.48. The predicted molar refractivity (Wildman–Crippen MR) is 66.0 cm³/mol. The maximum absolute atomic E-state index is 12.1.